The fourth-order valence-electron chi connectivity index (χ4n) is 4.00. The molecule has 170 valence electrons. The summed E-state index contributed by atoms with van der Waals surface area (Å²) in [5, 5.41) is 20.7. The molecule has 0 fully saturated rings. The first-order valence-corrected chi connectivity index (χ1v) is 11.4. The van der Waals surface area contributed by atoms with Gasteiger partial charge in [0, 0.05) is 11.1 Å². The third-order valence-corrected chi connectivity index (χ3v) is 5.87. The minimum absolute atomic E-state index is 0.00468. The van der Waals surface area contributed by atoms with Crippen LogP contribution in [0.3, 0.4) is 0 Å². The van der Waals surface area contributed by atoms with Crippen LogP contribution in [0.25, 0.3) is 0 Å². The van der Waals surface area contributed by atoms with E-state index in [1.807, 2.05) is 24.3 Å². The lowest BCUT2D eigenvalue weighted by Crippen LogP contribution is -2.02. The Hall–Kier alpha value is -4.18. The summed E-state index contributed by atoms with van der Waals surface area (Å²) in [5.41, 5.74) is 3.63. The number of carbonyl (C=O) groups is 2. The van der Waals surface area contributed by atoms with Crippen LogP contribution in [-0.4, -0.2) is 21.8 Å². The first-order valence-electron chi connectivity index (χ1n) is 11.4. The number of phenolic OH excluding ortho intramolecular Hbond substituents is 2. The molecule has 0 radical (unpaired) electrons. The number of carbonyl (C=O) groups excluding carboxylic acids is 2. The van der Waals surface area contributed by atoms with Crippen LogP contribution in [0.4, 0.5) is 0 Å². The molecule has 0 aliphatic heterocycles. The summed E-state index contributed by atoms with van der Waals surface area (Å²) < 4.78 is 0. The Kier molecular flexibility index (Phi) is 7.19. The summed E-state index contributed by atoms with van der Waals surface area (Å²) in [5.74, 6) is -0.401. The molecule has 0 aromatic heterocycles. The highest BCUT2D eigenvalue weighted by Crippen LogP contribution is 2.25. The molecule has 0 bridgehead atoms. The zero-order valence-electron chi connectivity index (χ0n) is 18.8. The Bertz CT molecular complexity index is 1190. The van der Waals surface area contributed by atoms with Crippen LogP contribution >= 0.6 is 0 Å². The van der Waals surface area contributed by atoms with Crippen molar-refractivity contribution >= 4 is 11.6 Å². The predicted octanol–water partition coefficient (Wildman–Crippen LogP) is 6.13. The van der Waals surface area contributed by atoms with E-state index < -0.39 is 0 Å². The van der Waals surface area contributed by atoms with E-state index in [-0.39, 0.29) is 23.1 Å². The van der Waals surface area contributed by atoms with Crippen LogP contribution in [0.2, 0.25) is 0 Å². The van der Waals surface area contributed by atoms with Crippen molar-refractivity contribution in [2.75, 3.05) is 0 Å². The predicted molar refractivity (Wildman–Crippen MR) is 133 cm³/mol. The molecule has 4 aromatic rings. The summed E-state index contributed by atoms with van der Waals surface area (Å²) in [7, 11) is 0. The van der Waals surface area contributed by atoms with E-state index in [2.05, 4.69) is 0 Å². The Balaban J connectivity index is 1.31. The molecule has 0 aliphatic rings. The van der Waals surface area contributed by atoms with Crippen LogP contribution in [0.5, 0.6) is 11.5 Å². The maximum Gasteiger partial charge on any atom is 0.196 e. The lowest BCUT2D eigenvalue weighted by Gasteiger charge is -2.09. The van der Waals surface area contributed by atoms with Crippen LogP contribution in [0.1, 0.15) is 55.8 Å². The number of phenols is 2. The number of aryl methyl sites for hydroxylation is 2. The molecule has 34 heavy (non-hydrogen) atoms. The maximum atomic E-state index is 12.6. The van der Waals surface area contributed by atoms with E-state index in [1.54, 1.807) is 72.8 Å². The van der Waals surface area contributed by atoms with Gasteiger partial charge in [0.15, 0.2) is 11.6 Å². The molecule has 0 saturated carbocycles. The van der Waals surface area contributed by atoms with Gasteiger partial charge in [0.2, 0.25) is 0 Å². The van der Waals surface area contributed by atoms with Gasteiger partial charge in [-0.1, -0.05) is 72.8 Å². The third kappa shape index (κ3) is 5.41. The van der Waals surface area contributed by atoms with Gasteiger partial charge < -0.3 is 10.2 Å². The average Bonchev–Trinajstić information content (AvgIpc) is 2.87. The highest BCUT2D eigenvalue weighted by Gasteiger charge is 2.15. The second kappa shape index (κ2) is 10.6. The molecule has 4 aromatic carbocycles. The molecular weight excluding hydrogens is 424 g/mol. The zero-order chi connectivity index (χ0) is 23.9. The first-order chi connectivity index (χ1) is 16.5. The second-order valence-electron chi connectivity index (χ2n) is 8.30. The van der Waals surface area contributed by atoms with Crippen LogP contribution in [0.15, 0.2) is 97.1 Å². The number of unbranched alkanes of at least 4 members (excludes halogenated alkanes) is 1. The molecule has 4 rings (SSSR count). The lowest BCUT2D eigenvalue weighted by atomic mass is 9.97. The fourth-order valence-corrected chi connectivity index (χ4v) is 4.00. The van der Waals surface area contributed by atoms with E-state index in [4.69, 9.17) is 0 Å². The Morgan fingerprint density at radius 3 is 1.26 bits per heavy atom. The molecule has 0 unspecified atom stereocenters. The number of ketones is 2. The van der Waals surface area contributed by atoms with Crippen molar-refractivity contribution in [2.45, 2.75) is 25.7 Å². The Morgan fingerprint density at radius 2 is 0.912 bits per heavy atom. The molecule has 0 heterocycles. The minimum Gasteiger partial charge on any atom is -0.507 e. The van der Waals surface area contributed by atoms with Gasteiger partial charge in [0.25, 0.3) is 0 Å². The van der Waals surface area contributed by atoms with E-state index >= 15 is 0 Å². The first kappa shape index (κ1) is 23.0. The highest BCUT2D eigenvalue weighted by atomic mass is 16.3. The van der Waals surface area contributed by atoms with Gasteiger partial charge in [-0.15, -0.1) is 0 Å². The highest BCUT2D eigenvalue weighted by molar-refractivity contribution is 6.11. The van der Waals surface area contributed by atoms with Gasteiger partial charge >= 0.3 is 0 Å². The zero-order valence-corrected chi connectivity index (χ0v) is 18.8. The quantitative estimate of drug-likeness (QED) is 0.238. The van der Waals surface area contributed by atoms with Crippen molar-refractivity contribution in [3.05, 3.63) is 130 Å². The van der Waals surface area contributed by atoms with Crippen LogP contribution in [-0.2, 0) is 12.8 Å². The lowest BCUT2D eigenvalue weighted by molar-refractivity contribution is 0.102. The van der Waals surface area contributed by atoms with Gasteiger partial charge in [0.1, 0.15) is 11.5 Å². The van der Waals surface area contributed by atoms with Crippen LogP contribution < -0.4 is 0 Å². The molecule has 0 saturated heterocycles. The average molecular weight is 451 g/mol. The van der Waals surface area contributed by atoms with Crippen molar-refractivity contribution in [2.24, 2.45) is 0 Å². The molecule has 2 N–H and O–H groups in total. The minimum atomic E-state index is -0.196. The van der Waals surface area contributed by atoms with Gasteiger partial charge in [-0.3, -0.25) is 9.59 Å². The van der Waals surface area contributed by atoms with Crippen LogP contribution in [0, 0.1) is 0 Å². The summed E-state index contributed by atoms with van der Waals surface area (Å²) in [6.07, 6.45) is 3.31. The van der Waals surface area contributed by atoms with Crippen molar-refractivity contribution in [1.82, 2.24) is 0 Å². The van der Waals surface area contributed by atoms with Gasteiger partial charge in [-0.05, 0) is 61.1 Å². The molecule has 4 nitrogen and oxygen atoms in total. The third-order valence-electron chi connectivity index (χ3n) is 5.87. The number of aromatic hydroxyl groups is 2. The number of rotatable bonds is 9. The smallest absolute Gasteiger partial charge is 0.196 e. The summed E-state index contributed by atoms with van der Waals surface area (Å²) in [6.45, 7) is 0. The monoisotopic (exact) mass is 450 g/mol. The van der Waals surface area contributed by atoms with E-state index in [9.17, 15) is 19.8 Å². The topological polar surface area (TPSA) is 74.6 Å². The summed E-state index contributed by atoms with van der Waals surface area (Å²) in [6, 6.07) is 28.3. The van der Waals surface area contributed by atoms with Gasteiger partial charge in [-0.2, -0.15) is 0 Å². The number of benzene rings is 4. The summed E-state index contributed by atoms with van der Waals surface area (Å²) >= 11 is 0. The fraction of sp³-hybridized carbons (Fsp3) is 0.133. The maximum absolute atomic E-state index is 12.6. The van der Waals surface area contributed by atoms with Crippen molar-refractivity contribution < 1.29 is 19.8 Å². The molecule has 0 amide bonds. The number of hydrogen-bond acceptors (Lipinski definition) is 4. The van der Waals surface area contributed by atoms with E-state index in [0.717, 1.165) is 36.8 Å². The van der Waals surface area contributed by atoms with Crippen molar-refractivity contribution in [3.63, 3.8) is 0 Å². The summed E-state index contributed by atoms with van der Waals surface area (Å²) in [4.78, 5) is 25.1. The Labute approximate surface area is 199 Å². The largest absolute Gasteiger partial charge is 0.507 e. The SMILES string of the molecule is O=C(c1ccccc1)c1ccc(CCCCc2ccc(C(=O)c3ccccc3)c(O)c2)cc1O. The van der Waals surface area contributed by atoms with Gasteiger partial charge in [0.05, 0.1) is 11.1 Å². The molecule has 0 spiro atoms. The molecule has 4 heteroatoms. The molecule has 0 atom stereocenters. The van der Waals surface area contributed by atoms with Gasteiger partial charge in [-0.25, -0.2) is 0 Å². The Morgan fingerprint density at radius 1 is 0.529 bits per heavy atom. The van der Waals surface area contributed by atoms with Crippen molar-refractivity contribution in [1.29, 1.82) is 0 Å². The molecule has 0 aliphatic carbocycles. The normalized spacial score (nSPS) is 10.7. The standard InChI is InChI=1S/C30H26O4/c31-27-19-21(15-17-25(27)29(33)23-11-3-1-4-12-23)9-7-8-10-22-16-18-26(28(32)20-22)30(34)24-13-5-2-6-14-24/h1-6,11-20,31-32H,7-10H2. The second-order valence-corrected chi connectivity index (χ2v) is 8.30. The van der Waals surface area contributed by atoms with E-state index in [0.29, 0.717) is 22.3 Å². The van der Waals surface area contributed by atoms with E-state index in [1.165, 1.54) is 0 Å². The van der Waals surface area contributed by atoms with Crippen molar-refractivity contribution in [3.8, 4) is 11.5 Å². The molecular formula is C30H26O4. The number of hydrogen-bond donors (Lipinski definition) is 2.